The molecule has 3 aromatic heterocycles. The van der Waals surface area contributed by atoms with E-state index < -0.39 is 11.6 Å². The fourth-order valence-corrected chi connectivity index (χ4v) is 3.07. The van der Waals surface area contributed by atoms with E-state index in [4.69, 9.17) is 11.6 Å². The van der Waals surface area contributed by atoms with Crippen LogP contribution in [-0.2, 0) is 13.0 Å². The van der Waals surface area contributed by atoms with Crippen molar-refractivity contribution in [2.45, 2.75) is 13.0 Å². The largest absolute Gasteiger partial charge is 0.366 e. The number of aromatic amines is 1. The van der Waals surface area contributed by atoms with E-state index in [1.165, 1.54) is 18.2 Å². The molecule has 0 radical (unpaired) electrons. The van der Waals surface area contributed by atoms with Gasteiger partial charge in [0.25, 0.3) is 0 Å². The summed E-state index contributed by atoms with van der Waals surface area (Å²) < 4.78 is 27.3. The van der Waals surface area contributed by atoms with E-state index in [9.17, 15) is 8.78 Å². The summed E-state index contributed by atoms with van der Waals surface area (Å²) in [6.45, 7) is 0.0253. The van der Waals surface area contributed by atoms with Crippen LogP contribution in [-0.4, -0.2) is 15.0 Å². The molecule has 7 heteroatoms. The second-order valence-electron chi connectivity index (χ2n) is 6.15. The number of rotatable bonds is 5. The highest BCUT2D eigenvalue weighted by molar-refractivity contribution is 6.31. The molecule has 0 bridgehead atoms. The third-order valence-electron chi connectivity index (χ3n) is 4.31. The molecule has 0 fully saturated rings. The first-order valence-corrected chi connectivity index (χ1v) is 8.71. The predicted octanol–water partition coefficient (Wildman–Crippen LogP) is 5.09. The maximum atomic E-state index is 13.7. The lowest BCUT2D eigenvalue weighted by atomic mass is 10.1. The summed E-state index contributed by atoms with van der Waals surface area (Å²) in [5, 5.41) is 4.50. The summed E-state index contributed by atoms with van der Waals surface area (Å²) in [7, 11) is 0. The Kier molecular flexibility index (Phi) is 4.73. The minimum absolute atomic E-state index is 0.00783. The lowest BCUT2D eigenvalue weighted by Gasteiger charge is -2.08. The van der Waals surface area contributed by atoms with Gasteiger partial charge in [0, 0.05) is 42.5 Å². The van der Waals surface area contributed by atoms with Gasteiger partial charge in [0.1, 0.15) is 23.1 Å². The minimum atomic E-state index is -0.578. The molecule has 0 aliphatic heterocycles. The molecule has 27 heavy (non-hydrogen) atoms. The molecule has 0 atom stereocenters. The summed E-state index contributed by atoms with van der Waals surface area (Å²) in [6, 6.07) is 9.40. The Morgan fingerprint density at radius 2 is 1.85 bits per heavy atom. The first kappa shape index (κ1) is 17.4. The molecule has 0 unspecified atom stereocenters. The van der Waals surface area contributed by atoms with E-state index >= 15 is 0 Å². The van der Waals surface area contributed by atoms with Gasteiger partial charge in [0.05, 0.1) is 5.02 Å². The second-order valence-corrected chi connectivity index (χ2v) is 6.58. The van der Waals surface area contributed by atoms with Gasteiger partial charge in [-0.2, -0.15) is 0 Å². The molecule has 0 aliphatic rings. The Morgan fingerprint density at radius 3 is 2.59 bits per heavy atom. The van der Waals surface area contributed by atoms with Gasteiger partial charge in [-0.05, 0) is 35.4 Å². The molecule has 0 aliphatic carbocycles. The normalized spacial score (nSPS) is 11.1. The molecular weight excluding hydrogens is 370 g/mol. The molecule has 4 nitrogen and oxygen atoms in total. The van der Waals surface area contributed by atoms with Crippen molar-refractivity contribution >= 4 is 28.5 Å². The molecule has 0 amide bonds. The molecule has 4 rings (SSSR count). The number of benzene rings is 1. The highest BCUT2D eigenvalue weighted by atomic mass is 35.5. The van der Waals surface area contributed by atoms with Crippen LogP contribution in [0.2, 0.25) is 5.02 Å². The van der Waals surface area contributed by atoms with Crippen LogP contribution in [0.1, 0.15) is 16.7 Å². The monoisotopic (exact) mass is 384 g/mol. The highest BCUT2D eigenvalue weighted by Gasteiger charge is 2.09. The first-order chi connectivity index (χ1) is 13.1. The van der Waals surface area contributed by atoms with Crippen LogP contribution in [0.15, 0.2) is 55.0 Å². The van der Waals surface area contributed by atoms with Gasteiger partial charge in [-0.3, -0.25) is 0 Å². The topological polar surface area (TPSA) is 53.6 Å². The van der Waals surface area contributed by atoms with Gasteiger partial charge < -0.3 is 10.3 Å². The Morgan fingerprint density at radius 1 is 1.04 bits per heavy atom. The molecular formula is C20H15ClF2N4. The predicted molar refractivity (Wildman–Crippen MR) is 102 cm³/mol. The van der Waals surface area contributed by atoms with Crippen molar-refractivity contribution in [1.29, 1.82) is 0 Å². The van der Waals surface area contributed by atoms with Crippen LogP contribution >= 0.6 is 11.6 Å². The number of hydrogen-bond donors (Lipinski definition) is 2. The summed E-state index contributed by atoms with van der Waals surface area (Å²) in [5.41, 5.74) is 2.84. The second kappa shape index (κ2) is 7.32. The third-order valence-corrected chi connectivity index (χ3v) is 4.52. The molecule has 2 N–H and O–H groups in total. The number of pyridine rings is 2. The zero-order valence-electron chi connectivity index (χ0n) is 14.1. The zero-order valence-corrected chi connectivity index (χ0v) is 14.9. The van der Waals surface area contributed by atoms with E-state index in [2.05, 4.69) is 20.3 Å². The lowest BCUT2D eigenvalue weighted by molar-refractivity contribution is 0.560. The number of anilines is 1. The maximum Gasteiger partial charge on any atom is 0.137 e. The lowest BCUT2D eigenvalue weighted by Crippen LogP contribution is -2.05. The van der Waals surface area contributed by atoms with E-state index in [0.717, 1.165) is 22.2 Å². The number of nitrogens with zero attached hydrogens (tertiary/aromatic N) is 2. The Balaban J connectivity index is 1.46. The Labute approximate surface area is 159 Å². The standard InChI is InChI=1S/C20H15ClF2N4/c21-14-7-15-13(9-26-20(15)27-10-14)6-12-4-5-19(24-8-12)25-11-16-17(22)2-1-3-18(16)23/h1-5,7-10H,6,11H2,(H,24,25)(H,26,27). The average Bonchev–Trinajstić information content (AvgIpc) is 3.04. The highest BCUT2D eigenvalue weighted by Crippen LogP contribution is 2.23. The van der Waals surface area contributed by atoms with Gasteiger partial charge in [0.15, 0.2) is 0 Å². The van der Waals surface area contributed by atoms with E-state index in [-0.39, 0.29) is 12.1 Å². The summed E-state index contributed by atoms with van der Waals surface area (Å²) >= 11 is 6.03. The summed E-state index contributed by atoms with van der Waals surface area (Å²) in [4.78, 5) is 11.7. The average molecular weight is 385 g/mol. The number of halogens is 3. The van der Waals surface area contributed by atoms with Crippen LogP contribution in [0.25, 0.3) is 11.0 Å². The van der Waals surface area contributed by atoms with Gasteiger partial charge in [-0.15, -0.1) is 0 Å². The number of fused-ring (bicyclic) bond motifs is 1. The molecule has 0 spiro atoms. The minimum Gasteiger partial charge on any atom is -0.366 e. The number of nitrogens with one attached hydrogen (secondary N) is 2. The zero-order chi connectivity index (χ0) is 18.8. The van der Waals surface area contributed by atoms with Crippen LogP contribution in [0.3, 0.4) is 0 Å². The quantitative estimate of drug-likeness (QED) is 0.503. The number of hydrogen-bond acceptors (Lipinski definition) is 3. The molecule has 3 heterocycles. The van der Waals surface area contributed by atoms with Crippen LogP contribution < -0.4 is 5.32 Å². The van der Waals surface area contributed by atoms with Crippen LogP contribution in [0.4, 0.5) is 14.6 Å². The number of aromatic nitrogens is 3. The third kappa shape index (κ3) is 3.75. The maximum absolute atomic E-state index is 13.7. The van der Waals surface area contributed by atoms with Crippen molar-refractivity contribution in [1.82, 2.24) is 15.0 Å². The first-order valence-electron chi connectivity index (χ1n) is 8.33. The smallest absolute Gasteiger partial charge is 0.137 e. The fraction of sp³-hybridized carbons (Fsp3) is 0.100. The molecule has 136 valence electrons. The van der Waals surface area contributed by atoms with E-state index in [1.807, 2.05) is 18.3 Å². The summed E-state index contributed by atoms with van der Waals surface area (Å²) in [5.74, 6) is -0.610. The summed E-state index contributed by atoms with van der Waals surface area (Å²) in [6.07, 6.45) is 5.90. The number of H-pyrrole nitrogens is 1. The van der Waals surface area contributed by atoms with Gasteiger partial charge in [-0.25, -0.2) is 18.7 Å². The van der Waals surface area contributed by atoms with E-state index in [1.54, 1.807) is 18.5 Å². The van der Waals surface area contributed by atoms with Crippen molar-refractivity contribution < 1.29 is 8.78 Å². The Bertz CT molecular complexity index is 1070. The van der Waals surface area contributed by atoms with Crippen molar-refractivity contribution in [2.75, 3.05) is 5.32 Å². The van der Waals surface area contributed by atoms with Gasteiger partial charge in [-0.1, -0.05) is 23.7 Å². The van der Waals surface area contributed by atoms with Crippen molar-refractivity contribution in [3.05, 3.63) is 88.3 Å². The molecule has 0 saturated carbocycles. The van der Waals surface area contributed by atoms with Crippen LogP contribution in [0, 0.1) is 11.6 Å². The van der Waals surface area contributed by atoms with Crippen LogP contribution in [0.5, 0.6) is 0 Å². The van der Waals surface area contributed by atoms with Crippen molar-refractivity contribution in [3.63, 3.8) is 0 Å². The van der Waals surface area contributed by atoms with Crippen molar-refractivity contribution in [3.8, 4) is 0 Å². The van der Waals surface area contributed by atoms with Gasteiger partial charge in [0.2, 0.25) is 0 Å². The molecule has 4 aromatic rings. The van der Waals surface area contributed by atoms with Gasteiger partial charge >= 0.3 is 0 Å². The molecule has 1 aromatic carbocycles. The van der Waals surface area contributed by atoms with E-state index in [0.29, 0.717) is 17.3 Å². The Hall–Kier alpha value is -2.99. The van der Waals surface area contributed by atoms with Crippen molar-refractivity contribution in [2.24, 2.45) is 0 Å². The fourth-order valence-electron chi connectivity index (χ4n) is 2.91. The molecule has 0 saturated heterocycles. The SMILES string of the molecule is Fc1cccc(F)c1CNc1ccc(Cc2c[nH]c3ncc(Cl)cc23)cn1.